The van der Waals surface area contributed by atoms with E-state index in [1.807, 2.05) is 0 Å². The predicted octanol–water partition coefficient (Wildman–Crippen LogP) is -0.302. The van der Waals surface area contributed by atoms with Gasteiger partial charge in [-0.25, -0.2) is 9.67 Å². The Balaban J connectivity index is 1.31. The number of rotatable bonds is 4. The quantitative estimate of drug-likeness (QED) is 0.806. The molecular formula is C17H23N7O2. The van der Waals surface area contributed by atoms with Crippen molar-refractivity contribution in [3.05, 3.63) is 39.8 Å². The van der Waals surface area contributed by atoms with Crippen LogP contribution < -0.4 is 5.56 Å². The first-order valence-corrected chi connectivity index (χ1v) is 9.17. The molecule has 26 heavy (non-hydrogen) atoms. The third-order valence-electron chi connectivity index (χ3n) is 5.18. The monoisotopic (exact) mass is 357 g/mol. The fourth-order valence-electron chi connectivity index (χ4n) is 3.63. The van der Waals surface area contributed by atoms with Crippen molar-refractivity contribution in [2.24, 2.45) is 0 Å². The fourth-order valence-corrected chi connectivity index (χ4v) is 3.63. The summed E-state index contributed by atoms with van der Waals surface area (Å²) in [5.41, 5.74) is 2.19. The second kappa shape index (κ2) is 7.36. The van der Waals surface area contributed by atoms with E-state index < -0.39 is 0 Å². The molecule has 0 unspecified atom stereocenters. The van der Waals surface area contributed by atoms with Crippen molar-refractivity contribution in [2.45, 2.75) is 32.2 Å². The van der Waals surface area contributed by atoms with E-state index in [2.05, 4.69) is 25.2 Å². The van der Waals surface area contributed by atoms with Crippen LogP contribution in [-0.2, 0) is 19.4 Å². The van der Waals surface area contributed by atoms with Gasteiger partial charge in [-0.15, -0.1) is 0 Å². The molecule has 3 heterocycles. The van der Waals surface area contributed by atoms with Crippen LogP contribution in [0.2, 0.25) is 0 Å². The highest BCUT2D eigenvalue weighted by molar-refractivity contribution is 5.90. The summed E-state index contributed by atoms with van der Waals surface area (Å²) in [4.78, 5) is 32.4. The number of H-pyrrole nitrogens is 1. The van der Waals surface area contributed by atoms with Crippen LogP contribution >= 0.6 is 0 Å². The molecule has 1 aliphatic carbocycles. The summed E-state index contributed by atoms with van der Waals surface area (Å²) in [6.07, 6.45) is 5.58. The lowest BCUT2D eigenvalue weighted by atomic mass is 9.97. The SMILES string of the molecule is O=C(c1ncn[nH]1)N1CCN(CCn2nc3c(cc2=O)CCCC3)CC1. The molecule has 1 aliphatic heterocycles. The Labute approximate surface area is 151 Å². The highest BCUT2D eigenvalue weighted by Crippen LogP contribution is 2.16. The summed E-state index contributed by atoms with van der Waals surface area (Å²) in [5, 5.41) is 10.9. The molecule has 1 N–H and O–H groups in total. The minimum absolute atomic E-state index is 0.00946. The number of fused-ring (bicyclic) bond motifs is 1. The highest BCUT2D eigenvalue weighted by Gasteiger charge is 2.23. The molecule has 0 spiro atoms. The topological polar surface area (TPSA) is 100 Å². The van der Waals surface area contributed by atoms with Crippen molar-refractivity contribution in [2.75, 3.05) is 32.7 Å². The van der Waals surface area contributed by atoms with E-state index in [-0.39, 0.29) is 17.3 Å². The maximum atomic E-state index is 12.2. The largest absolute Gasteiger partial charge is 0.333 e. The highest BCUT2D eigenvalue weighted by atomic mass is 16.2. The first-order chi connectivity index (χ1) is 12.7. The smallest absolute Gasteiger partial charge is 0.291 e. The fraction of sp³-hybridized carbons (Fsp3) is 0.588. The van der Waals surface area contributed by atoms with Crippen LogP contribution in [0.15, 0.2) is 17.2 Å². The molecule has 0 bridgehead atoms. The number of carbonyl (C=O) groups excluding carboxylic acids is 1. The zero-order chi connectivity index (χ0) is 17.9. The van der Waals surface area contributed by atoms with Gasteiger partial charge in [-0.1, -0.05) is 0 Å². The molecule has 2 aromatic heterocycles. The molecule has 2 aliphatic rings. The molecule has 1 fully saturated rings. The Morgan fingerprint density at radius 2 is 1.92 bits per heavy atom. The van der Waals surface area contributed by atoms with Gasteiger partial charge in [-0.05, 0) is 31.2 Å². The average Bonchev–Trinajstić information content (AvgIpc) is 3.21. The average molecular weight is 357 g/mol. The van der Waals surface area contributed by atoms with E-state index in [1.54, 1.807) is 15.6 Å². The number of aryl methyl sites for hydroxylation is 2. The first kappa shape index (κ1) is 16.9. The van der Waals surface area contributed by atoms with Crippen molar-refractivity contribution < 1.29 is 4.79 Å². The van der Waals surface area contributed by atoms with Gasteiger partial charge in [-0.3, -0.25) is 19.6 Å². The third kappa shape index (κ3) is 3.52. The lowest BCUT2D eigenvalue weighted by Gasteiger charge is -2.34. The van der Waals surface area contributed by atoms with Crippen molar-refractivity contribution in [1.29, 1.82) is 0 Å². The minimum atomic E-state index is -0.116. The molecule has 1 saturated heterocycles. The number of piperazine rings is 1. The van der Waals surface area contributed by atoms with Gasteiger partial charge in [0, 0.05) is 38.8 Å². The molecule has 0 aromatic carbocycles. The lowest BCUT2D eigenvalue weighted by Crippen LogP contribution is -2.49. The molecule has 1 amide bonds. The molecule has 9 heteroatoms. The second-order valence-corrected chi connectivity index (χ2v) is 6.85. The first-order valence-electron chi connectivity index (χ1n) is 9.17. The van der Waals surface area contributed by atoms with Crippen molar-refractivity contribution in [1.82, 2.24) is 34.8 Å². The number of carbonyl (C=O) groups is 1. The zero-order valence-corrected chi connectivity index (χ0v) is 14.7. The van der Waals surface area contributed by atoms with Crippen LogP contribution in [0.25, 0.3) is 0 Å². The lowest BCUT2D eigenvalue weighted by molar-refractivity contribution is 0.0620. The molecule has 0 saturated carbocycles. The van der Waals surface area contributed by atoms with Crippen LogP contribution in [0.4, 0.5) is 0 Å². The van der Waals surface area contributed by atoms with Gasteiger partial charge in [0.25, 0.3) is 11.5 Å². The van der Waals surface area contributed by atoms with E-state index in [1.165, 1.54) is 6.33 Å². The summed E-state index contributed by atoms with van der Waals surface area (Å²) in [7, 11) is 0. The Morgan fingerprint density at radius 3 is 2.69 bits per heavy atom. The van der Waals surface area contributed by atoms with E-state index >= 15 is 0 Å². The number of hydrogen-bond donors (Lipinski definition) is 1. The molecule has 0 atom stereocenters. The summed E-state index contributed by atoms with van der Waals surface area (Å²) < 4.78 is 1.59. The van der Waals surface area contributed by atoms with Crippen LogP contribution in [-0.4, -0.2) is 73.4 Å². The molecule has 138 valence electrons. The van der Waals surface area contributed by atoms with Gasteiger partial charge in [-0.2, -0.15) is 10.2 Å². The van der Waals surface area contributed by atoms with E-state index in [4.69, 9.17) is 0 Å². The van der Waals surface area contributed by atoms with Crippen LogP contribution in [0, 0.1) is 0 Å². The number of nitrogens with one attached hydrogen (secondary N) is 1. The van der Waals surface area contributed by atoms with Gasteiger partial charge in [0.15, 0.2) is 0 Å². The second-order valence-electron chi connectivity index (χ2n) is 6.85. The van der Waals surface area contributed by atoms with Crippen molar-refractivity contribution in [3.8, 4) is 0 Å². The van der Waals surface area contributed by atoms with Crippen molar-refractivity contribution >= 4 is 5.91 Å². The summed E-state index contributed by atoms with van der Waals surface area (Å²) in [6.45, 7) is 4.19. The summed E-state index contributed by atoms with van der Waals surface area (Å²) in [6, 6.07) is 1.76. The number of nitrogens with zero attached hydrogens (tertiary/aromatic N) is 6. The van der Waals surface area contributed by atoms with Crippen LogP contribution in [0.3, 0.4) is 0 Å². The van der Waals surface area contributed by atoms with Gasteiger partial charge < -0.3 is 4.90 Å². The van der Waals surface area contributed by atoms with Crippen LogP contribution in [0.5, 0.6) is 0 Å². The Kier molecular flexibility index (Phi) is 4.79. The minimum Gasteiger partial charge on any atom is -0.333 e. The molecule has 9 nitrogen and oxygen atoms in total. The number of aromatic amines is 1. The van der Waals surface area contributed by atoms with Gasteiger partial charge in [0.1, 0.15) is 6.33 Å². The number of hydrogen-bond acceptors (Lipinski definition) is 6. The Bertz CT molecular complexity index is 822. The van der Waals surface area contributed by atoms with E-state index in [9.17, 15) is 9.59 Å². The summed E-state index contributed by atoms with van der Waals surface area (Å²) >= 11 is 0. The predicted molar refractivity (Wildman–Crippen MR) is 93.9 cm³/mol. The molecule has 0 radical (unpaired) electrons. The maximum Gasteiger partial charge on any atom is 0.291 e. The maximum absolute atomic E-state index is 12.2. The molecule has 2 aromatic rings. The number of amides is 1. The van der Waals surface area contributed by atoms with E-state index in [0.717, 1.165) is 56.6 Å². The number of aromatic nitrogens is 5. The normalized spacial score (nSPS) is 17.9. The molecule has 4 rings (SSSR count). The van der Waals surface area contributed by atoms with Gasteiger partial charge >= 0.3 is 0 Å². The van der Waals surface area contributed by atoms with Gasteiger partial charge in [0.2, 0.25) is 5.82 Å². The Hall–Kier alpha value is -2.55. The molecular weight excluding hydrogens is 334 g/mol. The Morgan fingerprint density at radius 1 is 1.12 bits per heavy atom. The zero-order valence-electron chi connectivity index (χ0n) is 14.7. The third-order valence-corrected chi connectivity index (χ3v) is 5.18. The summed E-state index contributed by atoms with van der Waals surface area (Å²) in [5.74, 6) is 0.165. The van der Waals surface area contributed by atoms with Crippen molar-refractivity contribution in [3.63, 3.8) is 0 Å². The standard InChI is InChI=1S/C17H23N7O2/c25-15-11-13-3-1-2-4-14(13)21-24(15)10-7-22-5-8-23(9-6-22)17(26)16-18-12-19-20-16/h11-12H,1-10H2,(H,18,19,20). The van der Waals surface area contributed by atoms with E-state index in [0.29, 0.717) is 19.6 Å². The van der Waals surface area contributed by atoms with Crippen LogP contribution in [0.1, 0.15) is 34.7 Å². The van der Waals surface area contributed by atoms with Gasteiger partial charge in [0.05, 0.1) is 12.2 Å².